The van der Waals surface area contributed by atoms with E-state index in [-0.39, 0.29) is 11.8 Å². The fourth-order valence-electron chi connectivity index (χ4n) is 9.41. The van der Waals surface area contributed by atoms with Crippen molar-refractivity contribution >= 4 is 58.1 Å². The number of carbonyl (C=O) groups is 6. The van der Waals surface area contributed by atoms with Crippen LogP contribution in [0.4, 0.5) is 21.0 Å². The zero-order chi connectivity index (χ0) is 51.3. The van der Waals surface area contributed by atoms with Gasteiger partial charge < -0.3 is 45.5 Å². The minimum absolute atomic E-state index is 0.336. The molecule has 15 nitrogen and oxygen atoms in total. The predicted octanol–water partition coefficient (Wildman–Crippen LogP) is 10.2. The average Bonchev–Trinajstić information content (AvgIpc) is 4.12. The van der Waals surface area contributed by atoms with Crippen LogP contribution in [0.15, 0.2) is 127 Å². The molecular weight excluding hydrogens is 911 g/mol. The predicted molar refractivity (Wildman–Crippen MR) is 278 cm³/mol. The molecule has 0 aliphatic carbocycles. The highest BCUT2D eigenvalue weighted by Crippen LogP contribution is 2.40. The number of nitrogens with zero attached hydrogens (tertiary/aromatic N) is 2. The first-order chi connectivity index (χ1) is 34.3. The molecule has 5 N–H and O–H groups in total. The molecule has 374 valence electrons. The number of hydrogen-bond acceptors (Lipinski definition) is 8. The van der Waals surface area contributed by atoms with E-state index in [1.807, 2.05) is 79.7 Å². The van der Waals surface area contributed by atoms with Crippen molar-refractivity contribution < 1.29 is 38.2 Å². The lowest BCUT2D eigenvalue weighted by Gasteiger charge is -2.29. The van der Waals surface area contributed by atoms with Gasteiger partial charge in [-0.25, -0.2) is 9.59 Å². The Kier molecular flexibility index (Phi) is 14.8. The fraction of sp³-hybridized carbons (Fsp3) is 0.333. The summed E-state index contributed by atoms with van der Waals surface area (Å²) in [5.74, 6) is -1.48. The van der Waals surface area contributed by atoms with Crippen molar-refractivity contribution in [1.29, 1.82) is 0 Å². The molecule has 6 aromatic rings. The maximum atomic E-state index is 14.3. The van der Waals surface area contributed by atoms with Crippen molar-refractivity contribution in [3.8, 4) is 22.4 Å². The number of anilines is 2. The van der Waals surface area contributed by atoms with Gasteiger partial charge in [-0.2, -0.15) is 0 Å². The Morgan fingerprint density at radius 1 is 0.569 bits per heavy atom. The van der Waals surface area contributed by atoms with E-state index in [9.17, 15) is 28.8 Å². The van der Waals surface area contributed by atoms with Gasteiger partial charge in [0.2, 0.25) is 11.8 Å². The van der Waals surface area contributed by atoms with Gasteiger partial charge >= 0.3 is 12.2 Å². The van der Waals surface area contributed by atoms with Gasteiger partial charge in [0.1, 0.15) is 35.4 Å². The number of likely N-dealkylation sites (tertiary alicyclic amines) is 2. The molecule has 0 spiro atoms. The molecule has 0 radical (unpaired) electrons. The Morgan fingerprint density at radius 3 is 1.54 bits per heavy atom. The summed E-state index contributed by atoms with van der Waals surface area (Å²) in [4.78, 5) is 89.2. The first-order valence-electron chi connectivity index (χ1n) is 24.5. The van der Waals surface area contributed by atoms with E-state index in [2.05, 4.69) is 32.3 Å². The van der Waals surface area contributed by atoms with Gasteiger partial charge in [0, 0.05) is 40.9 Å². The number of hydrogen-bond donors (Lipinski definition) is 5. The Labute approximate surface area is 420 Å². The quantitative estimate of drug-likeness (QED) is 0.0800. The number of H-pyrrole nitrogens is 1. The molecule has 0 bridgehead atoms. The zero-order valence-corrected chi connectivity index (χ0v) is 41.8. The van der Waals surface area contributed by atoms with Gasteiger partial charge in [0.25, 0.3) is 11.8 Å². The Balaban J connectivity index is 1.01. The van der Waals surface area contributed by atoms with Crippen LogP contribution in [0.5, 0.6) is 0 Å². The molecule has 2 aliphatic heterocycles. The highest BCUT2D eigenvalue weighted by molar-refractivity contribution is 6.07. The zero-order valence-electron chi connectivity index (χ0n) is 41.8. The molecule has 1 aromatic heterocycles. The lowest BCUT2D eigenvalue weighted by molar-refractivity contribution is -0.138. The van der Waals surface area contributed by atoms with Crippen LogP contribution >= 0.6 is 0 Å². The normalized spacial score (nSPS) is 16.7. The summed E-state index contributed by atoms with van der Waals surface area (Å²) >= 11 is 0. The Bertz CT molecular complexity index is 2960. The maximum absolute atomic E-state index is 14.3. The molecule has 2 saturated heterocycles. The highest BCUT2D eigenvalue weighted by atomic mass is 16.6. The Morgan fingerprint density at radius 2 is 1.06 bits per heavy atom. The minimum Gasteiger partial charge on any atom is -0.444 e. The third kappa shape index (κ3) is 12.0. The Hall–Kier alpha value is -7.94. The highest BCUT2D eigenvalue weighted by Gasteiger charge is 2.40. The van der Waals surface area contributed by atoms with Gasteiger partial charge in [-0.15, -0.1) is 0 Å². The maximum Gasteiger partial charge on any atom is 0.408 e. The van der Waals surface area contributed by atoms with E-state index < -0.39 is 59.4 Å². The third-order valence-corrected chi connectivity index (χ3v) is 12.6. The van der Waals surface area contributed by atoms with Crippen molar-refractivity contribution in [3.05, 3.63) is 144 Å². The van der Waals surface area contributed by atoms with E-state index >= 15 is 0 Å². The topological polar surface area (TPSA) is 191 Å². The van der Waals surface area contributed by atoms with E-state index in [0.29, 0.717) is 61.3 Å². The molecule has 4 atom stereocenters. The monoisotopic (exact) mass is 973 g/mol. The van der Waals surface area contributed by atoms with Crippen molar-refractivity contribution in [1.82, 2.24) is 25.4 Å². The van der Waals surface area contributed by atoms with Gasteiger partial charge in [-0.1, -0.05) is 103 Å². The lowest BCUT2D eigenvalue weighted by Crippen LogP contribution is -2.49. The van der Waals surface area contributed by atoms with Crippen LogP contribution in [0.25, 0.3) is 33.3 Å². The van der Waals surface area contributed by atoms with E-state index in [0.717, 1.165) is 38.9 Å². The van der Waals surface area contributed by atoms with Crippen LogP contribution < -0.4 is 21.3 Å². The number of ether oxygens (including phenoxy) is 2. The van der Waals surface area contributed by atoms with Crippen LogP contribution in [-0.2, 0) is 28.7 Å². The van der Waals surface area contributed by atoms with E-state index in [1.54, 1.807) is 95.0 Å². The van der Waals surface area contributed by atoms with Crippen molar-refractivity contribution in [2.24, 2.45) is 0 Å². The van der Waals surface area contributed by atoms with Crippen LogP contribution in [0.3, 0.4) is 0 Å². The number of nitrogens with one attached hydrogen (secondary N) is 5. The summed E-state index contributed by atoms with van der Waals surface area (Å²) in [6.07, 6.45) is 0.673. The van der Waals surface area contributed by atoms with Crippen LogP contribution in [0.2, 0.25) is 0 Å². The molecule has 0 saturated carbocycles. The number of aromatic nitrogens is 1. The third-order valence-electron chi connectivity index (χ3n) is 12.6. The smallest absolute Gasteiger partial charge is 0.408 e. The second kappa shape index (κ2) is 21.2. The molecule has 8 rings (SSSR count). The molecule has 2 aliphatic rings. The average molecular weight is 974 g/mol. The number of amides is 6. The summed E-state index contributed by atoms with van der Waals surface area (Å²) in [6, 6.07) is 35.5. The number of aryl methyl sites for hydroxylation is 1. The molecule has 6 amide bonds. The second-order valence-corrected chi connectivity index (χ2v) is 20.4. The van der Waals surface area contributed by atoms with E-state index in [1.165, 1.54) is 4.90 Å². The summed E-state index contributed by atoms with van der Waals surface area (Å²) in [6.45, 7) is 13.2. The van der Waals surface area contributed by atoms with Gasteiger partial charge in [-0.3, -0.25) is 19.2 Å². The van der Waals surface area contributed by atoms with Crippen molar-refractivity contribution in [2.75, 3.05) is 23.7 Å². The van der Waals surface area contributed by atoms with Crippen LogP contribution in [0, 0.1) is 6.92 Å². The number of aromatic amines is 1. The van der Waals surface area contributed by atoms with Gasteiger partial charge in [0.05, 0.1) is 5.69 Å². The molecule has 15 heteroatoms. The summed E-state index contributed by atoms with van der Waals surface area (Å²) in [7, 11) is 0. The number of alkyl carbamates (subject to hydrolysis) is 2. The summed E-state index contributed by atoms with van der Waals surface area (Å²) in [5, 5.41) is 12.5. The fourth-order valence-corrected chi connectivity index (χ4v) is 9.41. The molecule has 2 fully saturated rings. The lowest BCUT2D eigenvalue weighted by atomic mass is 9.97. The van der Waals surface area contributed by atoms with E-state index in [4.69, 9.17) is 9.47 Å². The van der Waals surface area contributed by atoms with Crippen LogP contribution in [0.1, 0.15) is 96.0 Å². The molecular formula is C57H63N7O8. The summed E-state index contributed by atoms with van der Waals surface area (Å²) < 4.78 is 11.0. The number of fused-ring (bicyclic) bond motifs is 1. The molecule has 0 unspecified atom stereocenters. The second-order valence-electron chi connectivity index (χ2n) is 20.4. The largest absolute Gasteiger partial charge is 0.444 e. The number of rotatable bonds is 12. The first kappa shape index (κ1) is 50.4. The first-order valence-corrected chi connectivity index (χ1v) is 24.5. The van der Waals surface area contributed by atoms with Crippen molar-refractivity contribution in [3.63, 3.8) is 0 Å². The number of benzene rings is 5. The molecule has 3 heterocycles. The van der Waals surface area contributed by atoms with Crippen LogP contribution in [-0.4, -0.2) is 87.0 Å². The minimum atomic E-state index is -1.06. The molecule has 5 aromatic carbocycles. The standard InChI is InChI=1S/C57H63N7O8/c1-35-17-14-22-39(33-35)46-42-34-41(59-51(66)45-24-16-32-64(45)53(68)49(37-20-12-9-13-21-37)62-55(70)72-57(5,6)7)29-30-43(42)60-47(46)38-25-27-40(28-26-38)58-50(65)44-23-15-31-63(44)52(67)48(36-18-10-8-11-19-36)61-54(69)71-56(2,3)4/h8-14,17-22,25-30,33-34,44-45,48-49,60H,15-16,23-24,31-32H2,1-7H3,(H,58,65)(H,59,66)(H,61,69)(H,62,70)/t44-,45-,48+,49+/m0/s1. The summed E-state index contributed by atoms with van der Waals surface area (Å²) in [5.41, 5.74) is 6.11. The SMILES string of the molecule is Cc1cccc(-c2c(-c3ccc(NC(=O)[C@@H]4CCCN4C(=O)[C@H](NC(=O)OC(C)(C)C)c4ccccc4)cc3)[nH]c3ccc(NC(=O)[C@@H]4CCCN4C(=O)[C@H](NC(=O)OC(C)(C)C)c4ccccc4)cc23)c1. The number of carbonyl (C=O) groups excluding carboxylic acids is 6. The van der Waals surface area contributed by atoms with Crippen molar-refractivity contribution in [2.45, 2.75) is 110 Å². The van der Waals surface area contributed by atoms with Gasteiger partial charge in [-0.05, 0) is 127 Å². The van der Waals surface area contributed by atoms with Gasteiger partial charge in [0.15, 0.2) is 0 Å². The molecule has 72 heavy (non-hydrogen) atoms.